The Morgan fingerprint density at radius 3 is 3.12 bits per heavy atom. The van der Waals surface area contributed by atoms with E-state index >= 15 is 0 Å². The first kappa shape index (κ1) is 10.9. The highest BCUT2D eigenvalue weighted by atomic mass is 16.5. The molecule has 0 aromatic carbocycles. The highest BCUT2D eigenvalue weighted by molar-refractivity contribution is 5.76. The fraction of sp³-hybridized carbons (Fsp3) is 0.600. The molecule has 1 atom stereocenters. The summed E-state index contributed by atoms with van der Waals surface area (Å²) in [6.07, 6.45) is 4.27. The third-order valence-corrected chi connectivity index (χ3v) is 2.78. The van der Waals surface area contributed by atoms with Crippen LogP contribution in [0.5, 0.6) is 0 Å². The lowest BCUT2D eigenvalue weighted by atomic mass is 10.3. The van der Waals surface area contributed by atoms with Gasteiger partial charge in [-0.05, 0) is 6.42 Å². The number of carbonyl (C=O) groups excluding carboxylic acids is 1. The van der Waals surface area contributed by atoms with Crippen LogP contribution in [0, 0.1) is 0 Å². The number of ether oxygens (including phenoxy) is 1. The number of nitrogen functional groups attached to an aromatic ring is 1. The minimum Gasteiger partial charge on any atom is -0.396 e. The van der Waals surface area contributed by atoms with Gasteiger partial charge in [0.05, 0.1) is 18.0 Å². The van der Waals surface area contributed by atoms with Gasteiger partial charge in [-0.2, -0.15) is 5.10 Å². The summed E-state index contributed by atoms with van der Waals surface area (Å²) in [5, 5.41) is 3.98. The fourth-order valence-corrected chi connectivity index (χ4v) is 1.85. The molecular weight excluding hydrogens is 208 g/mol. The highest BCUT2D eigenvalue weighted by Crippen LogP contribution is 2.12. The number of rotatable bonds is 3. The molecule has 0 aliphatic carbocycles. The first-order valence-electron chi connectivity index (χ1n) is 5.27. The fourth-order valence-electron chi connectivity index (χ4n) is 1.85. The van der Waals surface area contributed by atoms with E-state index in [1.807, 2.05) is 0 Å². The smallest absolute Gasteiger partial charge is 0.244 e. The summed E-state index contributed by atoms with van der Waals surface area (Å²) >= 11 is 0. The SMILES string of the molecule is COC1CCN(C(=O)Cn2cc(N)cn2)C1. The molecule has 88 valence electrons. The van der Waals surface area contributed by atoms with E-state index in [4.69, 9.17) is 10.5 Å². The lowest BCUT2D eigenvalue weighted by Crippen LogP contribution is -2.33. The van der Waals surface area contributed by atoms with E-state index in [-0.39, 0.29) is 18.6 Å². The van der Waals surface area contributed by atoms with Gasteiger partial charge in [-0.3, -0.25) is 9.48 Å². The van der Waals surface area contributed by atoms with Crippen LogP contribution in [-0.4, -0.2) is 46.9 Å². The molecule has 2 rings (SSSR count). The van der Waals surface area contributed by atoms with Gasteiger partial charge < -0.3 is 15.4 Å². The number of hydrogen-bond acceptors (Lipinski definition) is 4. The zero-order chi connectivity index (χ0) is 11.5. The third kappa shape index (κ3) is 2.33. The number of nitrogens with two attached hydrogens (primary N) is 1. The van der Waals surface area contributed by atoms with Gasteiger partial charge in [0.1, 0.15) is 6.54 Å². The van der Waals surface area contributed by atoms with Crippen LogP contribution in [0.2, 0.25) is 0 Å². The third-order valence-electron chi connectivity index (χ3n) is 2.78. The van der Waals surface area contributed by atoms with Crippen molar-refractivity contribution in [1.82, 2.24) is 14.7 Å². The van der Waals surface area contributed by atoms with Crippen molar-refractivity contribution in [2.45, 2.75) is 19.1 Å². The number of hydrogen-bond donors (Lipinski definition) is 1. The topological polar surface area (TPSA) is 73.4 Å². The van der Waals surface area contributed by atoms with E-state index in [1.165, 1.54) is 6.20 Å². The normalized spacial score (nSPS) is 20.3. The first-order valence-corrected chi connectivity index (χ1v) is 5.27. The zero-order valence-corrected chi connectivity index (χ0v) is 9.30. The molecule has 16 heavy (non-hydrogen) atoms. The zero-order valence-electron chi connectivity index (χ0n) is 9.30. The van der Waals surface area contributed by atoms with Crippen molar-refractivity contribution in [2.75, 3.05) is 25.9 Å². The Bertz CT molecular complexity index is 377. The molecule has 0 saturated carbocycles. The molecule has 6 nitrogen and oxygen atoms in total. The van der Waals surface area contributed by atoms with E-state index in [9.17, 15) is 4.79 Å². The second-order valence-electron chi connectivity index (χ2n) is 3.96. The van der Waals surface area contributed by atoms with Crippen LogP contribution >= 0.6 is 0 Å². The second kappa shape index (κ2) is 4.52. The van der Waals surface area contributed by atoms with Crippen LogP contribution in [0.15, 0.2) is 12.4 Å². The van der Waals surface area contributed by atoms with Gasteiger partial charge >= 0.3 is 0 Å². The Kier molecular flexibility index (Phi) is 3.09. The number of carbonyl (C=O) groups is 1. The Labute approximate surface area is 94.0 Å². The molecule has 1 aliphatic heterocycles. The summed E-state index contributed by atoms with van der Waals surface area (Å²) < 4.78 is 6.76. The molecule has 2 N–H and O–H groups in total. The average Bonchev–Trinajstić information content (AvgIpc) is 2.87. The Morgan fingerprint density at radius 1 is 1.75 bits per heavy atom. The summed E-state index contributed by atoms with van der Waals surface area (Å²) in [4.78, 5) is 13.7. The molecule has 0 spiro atoms. The lowest BCUT2D eigenvalue weighted by Gasteiger charge is -2.15. The van der Waals surface area contributed by atoms with Crippen LogP contribution in [0.4, 0.5) is 5.69 Å². The maximum atomic E-state index is 11.9. The highest BCUT2D eigenvalue weighted by Gasteiger charge is 2.25. The van der Waals surface area contributed by atoms with Crippen molar-refractivity contribution in [3.8, 4) is 0 Å². The van der Waals surface area contributed by atoms with E-state index in [0.717, 1.165) is 13.0 Å². The molecule has 1 unspecified atom stereocenters. The molecule has 1 amide bonds. The second-order valence-corrected chi connectivity index (χ2v) is 3.96. The van der Waals surface area contributed by atoms with Crippen LogP contribution in [0.1, 0.15) is 6.42 Å². The predicted octanol–water partition coefficient (Wildman–Crippen LogP) is -0.287. The molecule has 0 bridgehead atoms. The first-order chi connectivity index (χ1) is 7.69. The molecule has 1 aliphatic rings. The number of nitrogens with zero attached hydrogens (tertiary/aromatic N) is 3. The molecule has 0 radical (unpaired) electrons. The Morgan fingerprint density at radius 2 is 2.56 bits per heavy atom. The van der Waals surface area contributed by atoms with Crippen LogP contribution < -0.4 is 5.73 Å². The summed E-state index contributed by atoms with van der Waals surface area (Å²) in [5.41, 5.74) is 6.10. The molecule has 1 fully saturated rings. The van der Waals surface area contributed by atoms with Gasteiger partial charge in [-0.1, -0.05) is 0 Å². The average molecular weight is 224 g/mol. The van der Waals surface area contributed by atoms with Crippen LogP contribution in [-0.2, 0) is 16.1 Å². The van der Waals surface area contributed by atoms with Crippen LogP contribution in [0.25, 0.3) is 0 Å². The van der Waals surface area contributed by atoms with Crippen molar-refractivity contribution in [1.29, 1.82) is 0 Å². The molecule has 1 aromatic rings. The van der Waals surface area contributed by atoms with E-state index in [1.54, 1.807) is 22.9 Å². The minimum absolute atomic E-state index is 0.0580. The van der Waals surface area contributed by atoms with E-state index < -0.39 is 0 Å². The van der Waals surface area contributed by atoms with Gasteiger partial charge in [-0.25, -0.2) is 0 Å². The predicted molar refractivity (Wildman–Crippen MR) is 58.6 cm³/mol. The monoisotopic (exact) mass is 224 g/mol. The summed E-state index contributed by atoms with van der Waals surface area (Å²) in [5.74, 6) is 0.0580. The standard InChI is InChI=1S/C10H16N4O2/c1-16-9-2-3-13(6-9)10(15)7-14-5-8(11)4-12-14/h4-5,9H,2-3,6-7,11H2,1H3. The van der Waals surface area contributed by atoms with Gasteiger partial charge in [0.15, 0.2) is 0 Å². The Hall–Kier alpha value is -1.56. The largest absolute Gasteiger partial charge is 0.396 e. The van der Waals surface area contributed by atoms with Crippen molar-refractivity contribution in [2.24, 2.45) is 0 Å². The van der Waals surface area contributed by atoms with Crippen molar-refractivity contribution >= 4 is 11.6 Å². The molecular formula is C10H16N4O2. The Balaban J connectivity index is 1.89. The molecule has 2 heterocycles. The van der Waals surface area contributed by atoms with E-state index in [2.05, 4.69) is 5.10 Å². The van der Waals surface area contributed by atoms with Crippen molar-refractivity contribution in [3.05, 3.63) is 12.4 Å². The summed E-state index contributed by atoms with van der Waals surface area (Å²) in [6.45, 7) is 1.67. The van der Waals surface area contributed by atoms with Gasteiger partial charge in [0.2, 0.25) is 5.91 Å². The molecule has 6 heteroatoms. The number of aromatic nitrogens is 2. The molecule has 1 aromatic heterocycles. The number of methoxy groups -OCH3 is 1. The van der Waals surface area contributed by atoms with Crippen molar-refractivity contribution < 1.29 is 9.53 Å². The quantitative estimate of drug-likeness (QED) is 0.766. The van der Waals surface area contributed by atoms with Crippen LogP contribution in [0.3, 0.4) is 0 Å². The summed E-state index contributed by atoms with van der Waals surface area (Å²) in [6, 6.07) is 0. The lowest BCUT2D eigenvalue weighted by molar-refractivity contribution is -0.131. The summed E-state index contributed by atoms with van der Waals surface area (Å²) in [7, 11) is 1.67. The maximum absolute atomic E-state index is 11.9. The number of likely N-dealkylation sites (tertiary alicyclic amines) is 1. The number of amides is 1. The molecule has 1 saturated heterocycles. The van der Waals surface area contributed by atoms with Gasteiger partial charge in [0.25, 0.3) is 0 Å². The maximum Gasteiger partial charge on any atom is 0.244 e. The van der Waals surface area contributed by atoms with Gasteiger partial charge in [0, 0.05) is 26.4 Å². The number of anilines is 1. The van der Waals surface area contributed by atoms with E-state index in [0.29, 0.717) is 12.2 Å². The minimum atomic E-state index is 0.0580. The van der Waals surface area contributed by atoms with Gasteiger partial charge in [-0.15, -0.1) is 0 Å². The van der Waals surface area contributed by atoms with Crippen molar-refractivity contribution in [3.63, 3.8) is 0 Å².